The van der Waals surface area contributed by atoms with Gasteiger partial charge in [0.2, 0.25) is 0 Å². The summed E-state index contributed by atoms with van der Waals surface area (Å²) in [7, 11) is 3.32. The normalized spacial score (nSPS) is 27.1. The van der Waals surface area contributed by atoms with Gasteiger partial charge in [-0.05, 0) is 25.5 Å². The molecular weight excluding hydrogens is 242 g/mol. The largest absolute Gasteiger partial charge is 0.497 e. The van der Waals surface area contributed by atoms with Gasteiger partial charge in [-0.2, -0.15) is 0 Å². The molecule has 4 nitrogen and oxygen atoms in total. The smallest absolute Gasteiger partial charge is 0.128 e. The molecule has 0 aromatic heterocycles. The second-order valence-corrected chi connectivity index (χ2v) is 5.20. The third kappa shape index (κ3) is 3.01. The highest BCUT2D eigenvalue weighted by Gasteiger charge is 2.31. The van der Waals surface area contributed by atoms with Crippen LogP contribution in [0.15, 0.2) is 18.2 Å². The maximum absolute atomic E-state index is 6.00. The summed E-state index contributed by atoms with van der Waals surface area (Å²) < 4.78 is 16.6. The lowest BCUT2D eigenvalue weighted by molar-refractivity contribution is -0.0308. The molecule has 0 radical (unpaired) electrons. The monoisotopic (exact) mass is 265 g/mol. The van der Waals surface area contributed by atoms with Gasteiger partial charge in [-0.3, -0.25) is 0 Å². The molecule has 1 aromatic carbocycles. The Balaban J connectivity index is 2.15. The molecule has 0 bridgehead atoms. The summed E-state index contributed by atoms with van der Waals surface area (Å²) in [6, 6.07) is 5.85. The van der Waals surface area contributed by atoms with Crippen molar-refractivity contribution in [2.45, 2.75) is 31.9 Å². The molecule has 2 atom stereocenters. The topological polar surface area (TPSA) is 39.7 Å². The van der Waals surface area contributed by atoms with Gasteiger partial charge >= 0.3 is 0 Å². The van der Waals surface area contributed by atoms with Gasteiger partial charge in [0.1, 0.15) is 11.5 Å². The van der Waals surface area contributed by atoms with Crippen LogP contribution >= 0.6 is 0 Å². The molecule has 1 N–H and O–H groups in total. The first-order valence-corrected chi connectivity index (χ1v) is 6.70. The van der Waals surface area contributed by atoms with E-state index in [1.165, 1.54) is 0 Å². The van der Waals surface area contributed by atoms with E-state index >= 15 is 0 Å². The fourth-order valence-corrected chi connectivity index (χ4v) is 2.24. The molecule has 0 aliphatic carbocycles. The fourth-order valence-electron chi connectivity index (χ4n) is 2.24. The van der Waals surface area contributed by atoms with Gasteiger partial charge in [0.05, 0.1) is 26.9 Å². The van der Waals surface area contributed by atoms with Crippen LogP contribution in [0.25, 0.3) is 0 Å². The van der Waals surface area contributed by atoms with E-state index in [1.807, 2.05) is 18.2 Å². The molecule has 0 spiro atoms. The minimum atomic E-state index is 0.0282. The maximum Gasteiger partial charge on any atom is 0.128 e. The summed E-state index contributed by atoms with van der Waals surface area (Å²) in [5.74, 6) is 1.61. The second kappa shape index (κ2) is 5.80. The van der Waals surface area contributed by atoms with Crippen LogP contribution in [-0.2, 0) is 4.74 Å². The lowest BCUT2D eigenvalue weighted by Gasteiger charge is -2.38. The minimum absolute atomic E-state index is 0.0282. The summed E-state index contributed by atoms with van der Waals surface area (Å²) in [5.41, 5.74) is 1.14. The van der Waals surface area contributed by atoms with Crippen molar-refractivity contribution in [2.75, 3.05) is 27.4 Å². The molecule has 0 amide bonds. The van der Waals surface area contributed by atoms with Gasteiger partial charge in [0.25, 0.3) is 0 Å². The Morgan fingerprint density at radius 2 is 2.16 bits per heavy atom. The molecule has 1 aliphatic heterocycles. The van der Waals surface area contributed by atoms with E-state index in [2.05, 4.69) is 19.2 Å². The Morgan fingerprint density at radius 1 is 1.37 bits per heavy atom. The highest BCUT2D eigenvalue weighted by Crippen LogP contribution is 2.33. The molecule has 19 heavy (non-hydrogen) atoms. The molecule has 1 saturated heterocycles. The summed E-state index contributed by atoms with van der Waals surface area (Å²) in [6.45, 7) is 5.87. The molecule has 2 unspecified atom stereocenters. The Kier molecular flexibility index (Phi) is 4.32. The van der Waals surface area contributed by atoms with E-state index in [-0.39, 0.29) is 11.6 Å². The number of morpholine rings is 1. The van der Waals surface area contributed by atoms with Gasteiger partial charge in [0.15, 0.2) is 0 Å². The van der Waals surface area contributed by atoms with Crippen molar-refractivity contribution in [3.63, 3.8) is 0 Å². The number of nitrogens with one attached hydrogen (secondary N) is 1. The van der Waals surface area contributed by atoms with Gasteiger partial charge in [0, 0.05) is 23.7 Å². The predicted molar refractivity (Wildman–Crippen MR) is 74.9 cm³/mol. The number of hydrogen-bond acceptors (Lipinski definition) is 4. The van der Waals surface area contributed by atoms with E-state index in [1.54, 1.807) is 14.2 Å². The number of methoxy groups -OCH3 is 2. The third-order valence-corrected chi connectivity index (χ3v) is 3.89. The standard InChI is InChI=1S/C15H23NO3/c1-5-15(2)10-19-14(9-16-15)12-7-6-11(17-3)8-13(12)18-4/h6-8,14,16H,5,9-10H2,1-4H3. The molecular formula is C15H23NO3. The van der Waals surface area contributed by atoms with Crippen LogP contribution in [0.4, 0.5) is 0 Å². The first-order chi connectivity index (χ1) is 9.11. The average Bonchev–Trinajstić information content (AvgIpc) is 2.47. The summed E-state index contributed by atoms with van der Waals surface area (Å²) in [5, 5.41) is 3.56. The van der Waals surface area contributed by atoms with Crippen LogP contribution in [0.1, 0.15) is 31.9 Å². The highest BCUT2D eigenvalue weighted by molar-refractivity contribution is 5.42. The average molecular weight is 265 g/mol. The number of ether oxygens (including phenoxy) is 3. The first kappa shape index (κ1) is 14.2. The predicted octanol–water partition coefficient (Wildman–Crippen LogP) is 2.53. The first-order valence-electron chi connectivity index (χ1n) is 6.70. The van der Waals surface area contributed by atoms with Crippen molar-refractivity contribution in [1.82, 2.24) is 5.32 Å². The Labute approximate surface area is 115 Å². The Hall–Kier alpha value is -1.26. The number of rotatable bonds is 4. The minimum Gasteiger partial charge on any atom is -0.497 e. The van der Waals surface area contributed by atoms with E-state index in [9.17, 15) is 0 Å². The zero-order valence-corrected chi connectivity index (χ0v) is 12.2. The van der Waals surface area contributed by atoms with Crippen molar-refractivity contribution in [3.05, 3.63) is 23.8 Å². The summed E-state index contributed by atoms with van der Waals surface area (Å²) in [6.07, 6.45) is 1.08. The summed E-state index contributed by atoms with van der Waals surface area (Å²) in [4.78, 5) is 0. The molecule has 1 aromatic rings. The fraction of sp³-hybridized carbons (Fsp3) is 0.600. The maximum atomic E-state index is 6.00. The Morgan fingerprint density at radius 3 is 2.68 bits per heavy atom. The van der Waals surface area contributed by atoms with E-state index in [0.717, 1.165) is 30.0 Å². The van der Waals surface area contributed by atoms with Gasteiger partial charge in [-0.15, -0.1) is 0 Å². The van der Waals surface area contributed by atoms with Gasteiger partial charge in [-0.1, -0.05) is 6.92 Å². The summed E-state index contributed by atoms with van der Waals surface area (Å²) >= 11 is 0. The molecule has 106 valence electrons. The zero-order chi connectivity index (χ0) is 13.9. The van der Waals surface area contributed by atoms with Crippen molar-refractivity contribution < 1.29 is 14.2 Å². The van der Waals surface area contributed by atoms with Crippen molar-refractivity contribution >= 4 is 0 Å². The van der Waals surface area contributed by atoms with Crippen LogP contribution in [0, 0.1) is 0 Å². The van der Waals surface area contributed by atoms with E-state index in [4.69, 9.17) is 14.2 Å². The van der Waals surface area contributed by atoms with Gasteiger partial charge < -0.3 is 19.5 Å². The van der Waals surface area contributed by atoms with Crippen LogP contribution in [0.3, 0.4) is 0 Å². The lowest BCUT2D eigenvalue weighted by Crippen LogP contribution is -2.52. The Bertz CT molecular complexity index is 425. The zero-order valence-electron chi connectivity index (χ0n) is 12.2. The van der Waals surface area contributed by atoms with E-state index < -0.39 is 0 Å². The van der Waals surface area contributed by atoms with Crippen LogP contribution in [0.2, 0.25) is 0 Å². The van der Waals surface area contributed by atoms with Gasteiger partial charge in [-0.25, -0.2) is 0 Å². The van der Waals surface area contributed by atoms with Crippen LogP contribution in [-0.4, -0.2) is 32.9 Å². The van der Waals surface area contributed by atoms with Crippen LogP contribution < -0.4 is 14.8 Å². The number of hydrogen-bond donors (Lipinski definition) is 1. The molecule has 1 aliphatic rings. The quantitative estimate of drug-likeness (QED) is 0.908. The molecule has 1 fully saturated rings. The highest BCUT2D eigenvalue weighted by atomic mass is 16.5. The molecule has 2 rings (SSSR count). The molecule has 0 saturated carbocycles. The van der Waals surface area contributed by atoms with E-state index in [0.29, 0.717) is 6.61 Å². The second-order valence-electron chi connectivity index (χ2n) is 5.20. The van der Waals surface area contributed by atoms with Crippen molar-refractivity contribution in [1.29, 1.82) is 0 Å². The van der Waals surface area contributed by atoms with Crippen molar-refractivity contribution in [3.8, 4) is 11.5 Å². The SMILES string of the molecule is CCC1(C)COC(c2ccc(OC)cc2OC)CN1. The third-order valence-electron chi connectivity index (χ3n) is 3.89. The number of benzene rings is 1. The van der Waals surface area contributed by atoms with Crippen LogP contribution in [0.5, 0.6) is 11.5 Å². The van der Waals surface area contributed by atoms with Crippen molar-refractivity contribution in [2.24, 2.45) is 0 Å². The molecule has 1 heterocycles. The lowest BCUT2D eigenvalue weighted by atomic mass is 9.96. The molecule has 4 heteroatoms.